The van der Waals surface area contributed by atoms with Gasteiger partial charge in [0.25, 0.3) is 0 Å². The molecule has 0 fully saturated rings. The number of aromatic nitrogens is 2. The smallest absolute Gasteiger partial charge is 0.0910 e. The number of nitrogens with one attached hydrogen (secondary N) is 1. The number of rotatable bonds is 6. The number of hydrogen-bond donors (Lipinski definition) is 1. The van der Waals surface area contributed by atoms with Gasteiger partial charge in [0.2, 0.25) is 0 Å². The number of anilines is 1. The molecule has 0 bridgehead atoms. The van der Waals surface area contributed by atoms with E-state index in [4.69, 9.17) is 11.6 Å². The van der Waals surface area contributed by atoms with Crippen molar-refractivity contribution in [1.82, 2.24) is 14.9 Å². The van der Waals surface area contributed by atoms with E-state index in [9.17, 15) is 0 Å². The fraction of sp³-hybridized carbons (Fsp3) is 0.353. The van der Waals surface area contributed by atoms with Crippen molar-refractivity contribution < 1.29 is 0 Å². The molecule has 5 nitrogen and oxygen atoms in total. The lowest BCUT2D eigenvalue weighted by Crippen LogP contribution is -2.14. The van der Waals surface area contributed by atoms with E-state index in [1.165, 1.54) is 0 Å². The Hall–Kier alpha value is -2.14. The highest BCUT2D eigenvalue weighted by atomic mass is 35.5. The molecular formula is C17H22ClN5. The van der Waals surface area contributed by atoms with Gasteiger partial charge in [-0.05, 0) is 38.5 Å². The fourth-order valence-corrected chi connectivity index (χ4v) is 2.14. The molecule has 2 aromatic rings. The predicted molar refractivity (Wildman–Crippen MR) is 96.7 cm³/mol. The minimum Gasteiger partial charge on any atom is -0.378 e. The maximum Gasteiger partial charge on any atom is 0.0910 e. The largest absolute Gasteiger partial charge is 0.378 e. The third kappa shape index (κ3) is 4.93. The van der Waals surface area contributed by atoms with Gasteiger partial charge in [0.1, 0.15) is 0 Å². The van der Waals surface area contributed by atoms with Crippen LogP contribution in [-0.4, -0.2) is 34.8 Å². The summed E-state index contributed by atoms with van der Waals surface area (Å²) in [5.74, 6) is 0. The van der Waals surface area contributed by atoms with Crippen LogP contribution >= 0.6 is 11.6 Å². The maximum absolute atomic E-state index is 6.47. The first-order chi connectivity index (χ1) is 11.0. The van der Waals surface area contributed by atoms with E-state index < -0.39 is 0 Å². The van der Waals surface area contributed by atoms with Gasteiger partial charge in [0, 0.05) is 19.8 Å². The summed E-state index contributed by atoms with van der Waals surface area (Å²) in [6, 6.07) is 3.98. The van der Waals surface area contributed by atoms with Crippen molar-refractivity contribution >= 4 is 29.3 Å². The molecule has 0 saturated carbocycles. The second-order valence-electron chi connectivity index (χ2n) is 5.47. The molecule has 1 aromatic carbocycles. The summed E-state index contributed by atoms with van der Waals surface area (Å²) < 4.78 is 0. The number of nitrogens with zero attached hydrogens (tertiary/aromatic N) is 4. The van der Waals surface area contributed by atoms with Gasteiger partial charge in [-0.25, -0.2) is 4.99 Å². The normalized spacial score (nSPS) is 11.0. The Bertz CT molecular complexity index is 682. The van der Waals surface area contributed by atoms with Crippen molar-refractivity contribution in [3.05, 3.63) is 46.5 Å². The standard InChI is InChI=1S/C17H22ClN5/c1-5-23(4)11-22-16-7-12(2)6-15(17(16)18)21-10-14-9-19-13(3)8-20-14/h6-9,11,21H,5,10H2,1-4H3/b22-11-. The minimum absolute atomic E-state index is 0.564. The van der Waals surface area contributed by atoms with Crippen LogP contribution in [0.1, 0.15) is 23.9 Å². The lowest BCUT2D eigenvalue weighted by molar-refractivity contribution is 0.552. The summed E-state index contributed by atoms with van der Waals surface area (Å²) in [5.41, 5.74) is 4.46. The summed E-state index contributed by atoms with van der Waals surface area (Å²) in [6.07, 6.45) is 5.31. The Morgan fingerprint density at radius 3 is 2.70 bits per heavy atom. The molecule has 1 heterocycles. The molecule has 6 heteroatoms. The van der Waals surface area contributed by atoms with Gasteiger partial charge in [-0.1, -0.05) is 11.6 Å². The van der Waals surface area contributed by atoms with Crippen molar-refractivity contribution in [2.24, 2.45) is 4.99 Å². The van der Waals surface area contributed by atoms with Crippen molar-refractivity contribution in [3.63, 3.8) is 0 Å². The van der Waals surface area contributed by atoms with Crippen LogP contribution in [0.25, 0.3) is 0 Å². The molecule has 0 saturated heterocycles. The number of benzene rings is 1. The predicted octanol–water partition coefficient (Wildman–Crippen LogP) is 3.97. The van der Waals surface area contributed by atoms with Gasteiger partial charge in [-0.15, -0.1) is 0 Å². The number of aliphatic imine (C=N–C) groups is 1. The van der Waals surface area contributed by atoms with Crippen LogP contribution in [0.4, 0.5) is 11.4 Å². The zero-order valence-corrected chi connectivity index (χ0v) is 14.7. The lowest BCUT2D eigenvalue weighted by atomic mass is 10.2. The van der Waals surface area contributed by atoms with Crippen molar-refractivity contribution in [1.29, 1.82) is 0 Å². The fourth-order valence-electron chi connectivity index (χ4n) is 1.91. The zero-order chi connectivity index (χ0) is 16.8. The summed E-state index contributed by atoms with van der Waals surface area (Å²) in [4.78, 5) is 15.0. The molecule has 1 N–H and O–H groups in total. The van der Waals surface area contributed by atoms with Gasteiger partial charge >= 0.3 is 0 Å². The highest BCUT2D eigenvalue weighted by molar-refractivity contribution is 6.35. The van der Waals surface area contributed by atoms with Crippen molar-refractivity contribution in [2.75, 3.05) is 18.9 Å². The molecule has 0 aliphatic rings. The summed E-state index contributed by atoms with van der Waals surface area (Å²) in [6.45, 7) is 7.47. The Labute approximate surface area is 142 Å². The van der Waals surface area contributed by atoms with E-state index in [1.54, 1.807) is 18.7 Å². The Balaban J connectivity index is 2.16. The highest BCUT2D eigenvalue weighted by Gasteiger charge is 2.07. The second kappa shape index (κ2) is 7.92. The van der Waals surface area contributed by atoms with Gasteiger partial charge in [-0.3, -0.25) is 9.97 Å². The third-order valence-electron chi connectivity index (χ3n) is 3.38. The van der Waals surface area contributed by atoms with E-state index in [1.807, 2.05) is 37.9 Å². The Morgan fingerprint density at radius 2 is 2.04 bits per heavy atom. The minimum atomic E-state index is 0.564. The number of aryl methyl sites for hydroxylation is 2. The van der Waals surface area contributed by atoms with Crippen LogP contribution < -0.4 is 5.32 Å². The lowest BCUT2D eigenvalue weighted by Gasteiger charge is -2.12. The van der Waals surface area contributed by atoms with Crippen LogP contribution in [-0.2, 0) is 6.54 Å². The van der Waals surface area contributed by atoms with Gasteiger partial charge < -0.3 is 10.2 Å². The maximum atomic E-state index is 6.47. The quantitative estimate of drug-likeness (QED) is 0.642. The van der Waals surface area contributed by atoms with Crippen molar-refractivity contribution in [3.8, 4) is 0 Å². The summed E-state index contributed by atoms with van der Waals surface area (Å²) >= 11 is 6.47. The summed E-state index contributed by atoms with van der Waals surface area (Å²) in [5, 5.41) is 3.92. The van der Waals surface area contributed by atoms with Crippen LogP contribution in [0.2, 0.25) is 5.02 Å². The molecule has 1 aromatic heterocycles. The van der Waals surface area contributed by atoms with Crippen LogP contribution in [0.5, 0.6) is 0 Å². The van der Waals surface area contributed by atoms with Crippen LogP contribution in [0.3, 0.4) is 0 Å². The van der Waals surface area contributed by atoms with E-state index in [0.717, 1.165) is 34.9 Å². The first kappa shape index (κ1) is 17.2. The molecule has 0 atom stereocenters. The molecule has 0 unspecified atom stereocenters. The molecule has 0 aliphatic heterocycles. The van der Waals surface area contributed by atoms with E-state index in [0.29, 0.717) is 11.6 Å². The van der Waals surface area contributed by atoms with E-state index in [-0.39, 0.29) is 0 Å². The molecule has 0 aliphatic carbocycles. The van der Waals surface area contributed by atoms with Crippen molar-refractivity contribution in [2.45, 2.75) is 27.3 Å². The first-order valence-corrected chi connectivity index (χ1v) is 7.93. The van der Waals surface area contributed by atoms with Gasteiger partial charge in [0.05, 0.1) is 46.9 Å². The number of hydrogen-bond acceptors (Lipinski definition) is 4. The van der Waals surface area contributed by atoms with Gasteiger partial charge in [-0.2, -0.15) is 0 Å². The van der Waals surface area contributed by atoms with Crippen LogP contribution in [0.15, 0.2) is 29.5 Å². The molecule has 0 amide bonds. The van der Waals surface area contributed by atoms with Crippen LogP contribution in [0, 0.1) is 13.8 Å². The SMILES string of the molecule is CCN(C)/C=N\c1cc(C)cc(NCc2cnc(C)cn2)c1Cl. The molecule has 23 heavy (non-hydrogen) atoms. The topological polar surface area (TPSA) is 53.4 Å². The third-order valence-corrected chi connectivity index (χ3v) is 3.78. The van der Waals surface area contributed by atoms with E-state index >= 15 is 0 Å². The Kier molecular flexibility index (Phi) is 5.93. The second-order valence-corrected chi connectivity index (χ2v) is 5.84. The molecule has 0 radical (unpaired) electrons. The number of halogens is 1. The van der Waals surface area contributed by atoms with Gasteiger partial charge in [0.15, 0.2) is 0 Å². The highest BCUT2D eigenvalue weighted by Crippen LogP contribution is 2.34. The molecule has 122 valence electrons. The zero-order valence-electron chi connectivity index (χ0n) is 14.0. The monoisotopic (exact) mass is 331 g/mol. The molecule has 0 spiro atoms. The Morgan fingerprint density at radius 1 is 1.26 bits per heavy atom. The average Bonchev–Trinajstić information content (AvgIpc) is 2.55. The molecule has 2 rings (SSSR count). The summed E-state index contributed by atoms with van der Waals surface area (Å²) in [7, 11) is 1.97. The first-order valence-electron chi connectivity index (χ1n) is 7.55. The molecular weight excluding hydrogens is 310 g/mol. The van der Waals surface area contributed by atoms with E-state index in [2.05, 4.69) is 27.2 Å². The average molecular weight is 332 g/mol.